The van der Waals surface area contributed by atoms with E-state index in [2.05, 4.69) is 17.1 Å². The maximum Gasteiger partial charge on any atom is 0.164 e. The number of aryl methyl sites for hydroxylation is 2. The zero-order valence-electron chi connectivity index (χ0n) is 11.8. The van der Waals surface area contributed by atoms with Crippen LogP contribution in [0.2, 0.25) is 0 Å². The fraction of sp³-hybridized carbons (Fsp3) is 0.667. The molecular weight excluding hydrogens is 224 g/mol. The highest BCUT2D eigenvalue weighted by Crippen LogP contribution is 2.13. The first kappa shape index (κ1) is 14.8. The van der Waals surface area contributed by atoms with Crippen molar-refractivity contribution in [3.05, 3.63) is 23.0 Å². The lowest BCUT2D eigenvalue weighted by molar-refractivity contribution is 0.0977. The van der Waals surface area contributed by atoms with Crippen molar-refractivity contribution >= 4 is 5.78 Å². The molecule has 1 rings (SSSR count). The van der Waals surface area contributed by atoms with E-state index in [4.69, 9.17) is 0 Å². The third-order valence-electron chi connectivity index (χ3n) is 3.14. The number of carbonyl (C=O) groups is 1. The van der Waals surface area contributed by atoms with Crippen LogP contribution in [0.5, 0.6) is 0 Å². The van der Waals surface area contributed by atoms with Crippen molar-refractivity contribution in [2.75, 3.05) is 0 Å². The Morgan fingerprint density at radius 2 is 1.83 bits per heavy atom. The van der Waals surface area contributed by atoms with E-state index in [1.54, 1.807) is 0 Å². The van der Waals surface area contributed by atoms with Crippen molar-refractivity contribution in [1.29, 1.82) is 0 Å². The van der Waals surface area contributed by atoms with Crippen molar-refractivity contribution in [2.24, 2.45) is 0 Å². The van der Waals surface area contributed by atoms with E-state index in [-0.39, 0.29) is 5.78 Å². The quantitative estimate of drug-likeness (QED) is 0.518. The average molecular weight is 248 g/mol. The molecule has 0 fully saturated rings. The van der Waals surface area contributed by atoms with Gasteiger partial charge in [0, 0.05) is 12.0 Å². The maximum atomic E-state index is 12.1. The fourth-order valence-electron chi connectivity index (χ4n) is 2.04. The monoisotopic (exact) mass is 248 g/mol. The number of aromatic nitrogens is 2. The van der Waals surface area contributed by atoms with Gasteiger partial charge in [-0.1, -0.05) is 39.5 Å². The van der Waals surface area contributed by atoms with Crippen molar-refractivity contribution < 1.29 is 4.79 Å². The van der Waals surface area contributed by atoms with Crippen LogP contribution in [0.25, 0.3) is 0 Å². The Labute approximate surface area is 110 Å². The number of hydrogen-bond acceptors (Lipinski definition) is 3. The molecule has 0 aliphatic heterocycles. The topological polar surface area (TPSA) is 42.9 Å². The highest BCUT2D eigenvalue weighted by atomic mass is 16.1. The molecule has 0 unspecified atom stereocenters. The lowest BCUT2D eigenvalue weighted by atomic mass is 10.0. The molecule has 0 radical (unpaired) electrons. The van der Waals surface area contributed by atoms with Crippen molar-refractivity contribution in [3.63, 3.8) is 0 Å². The molecule has 100 valence electrons. The molecule has 1 aromatic heterocycles. The van der Waals surface area contributed by atoms with Gasteiger partial charge in [-0.15, -0.1) is 0 Å². The Morgan fingerprint density at radius 3 is 2.50 bits per heavy atom. The molecule has 1 heterocycles. The molecule has 0 saturated carbocycles. The van der Waals surface area contributed by atoms with Gasteiger partial charge in [0.15, 0.2) is 5.78 Å². The van der Waals surface area contributed by atoms with Crippen molar-refractivity contribution in [3.8, 4) is 0 Å². The number of Topliss-reactive ketones (excluding diaryl/α,β-unsaturated/α-hetero) is 1. The summed E-state index contributed by atoms with van der Waals surface area (Å²) in [6, 6.07) is 1.88. The molecule has 0 atom stereocenters. The summed E-state index contributed by atoms with van der Waals surface area (Å²) < 4.78 is 0. The predicted molar refractivity (Wildman–Crippen MR) is 73.9 cm³/mol. The number of rotatable bonds is 8. The van der Waals surface area contributed by atoms with Crippen LogP contribution in [0.1, 0.15) is 74.1 Å². The Kier molecular flexibility index (Phi) is 6.55. The van der Waals surface area contributed by atoms with Gasteiger partial charge in [0.05, 0.1) is 11.4 Å². The molecule has 0 amide bonds. The van der Waals surface area contributed by atoms with Gasteiger partial charge in [0.1, 0.15) is 0 Å². The normalized spacial score (nSPS) is 10.6. The average Bonchev–Trinajstić information content (AvgIpc) is 2.38. The summed E-state index contributed by atoms with van der Waals surface area (Å²) in [5, 5.41) is 8.12. The number of carbonyl (C=O) groups excluding carboxylic acids is 1. The van der Waals surface area contributed by atoms with Crippen LogP contribution in [0, 0.1) is 6.92 Å². The third-order valence-corrected chi connectivity index (χ3v) is 3.14. The molecule has 0 spiro atoms. The summed E-state index contributed by atoms with van der Waals surface area (Å²) in [6.07, 6.45) is 7.29. The first-order valence-corrected chi connectivity index (χ1v) is 7.05. The van der Waals surface area contributed by atoms with E-state index in [0.29, 0.717) is 6.42 Å². The van der Waals surface area contributed by atoms with Gasteiger partial charge in [-0.3, -0.25) is 4.79 Å². The number of nitrogens with zero attached hydrogens (tertiary/aromatic N) is 2. The molecule has 0 aliphatic rings. The van der Waals surface area contributed by atoms with Crippen LogP contribution in [0.4, 0.5) is 0 Å². The molecule has 1 aromatic rings. The zero-order valence-corrected chi connectivity index (χ0v) is 11.8. The van der Waals surface area contributed by atoms with Gasteiger partial charge in [-0.2, -0.15) is 10.2 Å². The molecular formula is C15H24N2O. The maximum absolute atomic E-state index is 12.1. The minimum absolute atomic E-state index is 0.223. The second-order valence-corrected chi connectivity index (χ2v) is 4.79. The van der Waals surface area contributed by atoms with E-state index in [1.165, 1.54) is 19.3 Å². The highest BCUT2D eigenvalue weighted by Gasteiger charge is 2.12. The summed E-state index contributed by atoms with van der Waals surface area (Å²) >= 11 is 0. The van der Waals surface area contributed by atoms with Crippen LogP contribution in [0.3, 0.4) is 0 Å². The molecule has 18 heavy (non-hydrogen) atoms. The summed E-state index contributed by atoms with van der Waals surface area (Å²) in [5.41, 5.74) is 2.43. The standard InChI is InChI=1S/C15H24N2O/c1-4-6-7-8-9-10-15(18)13-11-12(3)16-17-14(13)5-2/h11H,4-10H2,1-3H3. The van der Waals surface area contributed by atoms with Gasteiger partial charge >= 0.3 is 0 Å². The van der Waals surface area contributed by atoms with E-state index >= 15 is 0 Å². The SMILES string of the molecule is CCCCCCCC(=O)c1cc(C)nnc1CC. The molecule has 0 N–H and O–H groups in total. The second kappa shape index (κ2) is 7.96. The van der Waals surface area contributed by atoms with Crippen molar-refractivity contribution in [2.45, 2.75) is 65.7 Å². The first-order valence-electron chi connectivity index (χ1n) is 7.05. The van der Waals surface area contributed by atoms with Gasteiger partial charge in [0.2, 0.25) is 0 Å². The summed E-state index contributed by atoms with van der Waals surface area (Å²) in [7, 11) is 0. The number of hydrogen-bond donors (Lipinski definition) is 0. The predicted octanol–water partition coefficient (Wildman–Crippen LogP) is 3.89. The number of unbranched alkanes of at least 4 members (excludes halogenated alkanes) is 4. The molecule has 3 nitrogen and oxygen atoms in total. The van der Waals surface area contributed by atoms with Gasteiger partial charge in [0.25, 0.3) is 0 Å². The summed E-state index contributed by atoms with van der Waals surface area (Å²) in [5.74, 6) is 0.223. The highest BCUT2D eigenvalue weighted by molar-refractivity contribution is 5.97. The molecule has 0 aromatic carbocycles. The van der Waals surface area contributed by atoms with Gasteiger partial charge < -0.3 is 0 Å². The van der Waals surface area contributed by atoms with E-state index < -0.39 is 0 Å². The van der Waals surface area contributed by atoms with Crippen LogP contribution in [0.15, 0.2) is 6.07 Å². The molecule has 3 heteroatoms. The van der Waals surface area contributed by atoms with E-state index in [9.17, 15) is 4.79 Å². The van der Waals surface area contributed by atoms with Crippen LogP contribution in [-0.2, 0) is 6.42 Å². The minimum atomic E-state index is 0.223. The Balaban J connectivity index is 2.52. The minimum Gasteiger partial charge on any atom is -0.294 e. The van der Waals surface area contributed by atoms with E-state index in [1.807, 2.05) is 19.9 Å². The third kappa shape index (κ3) is 4.55. The Morgan fingerprint density at radius 1 is 1.11 bits per heavy atom. The smallest absolute Gasteiger partial charge is 0.164 e. The van der Waals surface area contributed by atoms with E-state index in [0.717, 1.165) is 36.2 Å². The van der Waals surface area contributed by atoms with Crippen LogP contribution >= 0.6 is 0 Å². The molecule has 0 aliphatic carbocycles. The molecule has 0 bridgehead atoms. The summed E-state index contributed by atoms with van der Waals surface area (Å²) in [4.78, 5) is 12.1. The summed E-state index contributed by atoms with van der Waals surface area (Å²) in [6.45, 7) is 6.09. The van der Waals surface area contributed by atoms with Crippen LogP contribution in [-0.4, -0.2) is 16.0 Å². The lowest BCUT2D eigenvalue weighted by Gasteiger charge is -2.06. The second-order valence-electron chi connectivity index (χ2n) is 4.79. The zero-order chi connectivity index (χ0) is 13.4. The van der Waals surface area contributed by atoms with Gasteiger partial charge in [-0.25, -0.2) is 0 Å². The Hall–Kier alpha value is -1.25. The largest absolute Gasteiger partial charge is 0.294 e. The van der Waals surface area contributed by atoms with Gasteiger partial charge in [-0.05, 0) is 25.8 Å². The number of ketones is 1. The molecule has 0 saturated heterocycles. The fourth-order valence-corrected chi connectivity index (χ4v) is 2.04. The van der Waals surface area contributed by atoms with Crippen LogP contribution < -0.4 is 0 Å². The Bertz CT molecular complexity index is 388. The van der Waals surface area contributed by atoms with Crippen molar-refractivity contribution in [1.82, 2.24) is 10.2 Å². The first-order chi connectivity index (χ1) is 8.69. The lowest BCUT2D eigenvalue weighted by Crippen LogP contribution is -2.07.